The van der Waals surface area contributed by atoms with Gasteiger partial charge in [-0.15, -0.1) is 10.2 Å². The Morgan fingerprint density at radius 3 is 2.60 bits per heavy atom. The number of hydrogen-bond donors (Lipinski definition) is 2. The van der Waals surface area contributed by atoms with Crippen LogP contribution >= 0.6 is 11.3 Å². The summed E-state index contributed by atoms with van der Waals surface area (Å²) in [5, 5.41) is 11.9. The lowest BCUT2D eigenvalue weighted by Crippen LogP contribution is -2.35. The van der Waals surface area contributed by atoms with Crippen LogP contribution in [0.15, 0.2) is 0 Å². The smallest absolute Gasteiger partial charge is 0.238 e. The molecule has 8 heteroatoms. The molecule has 0 saturated heterocycles. The van der Waals surface area contributed by atoms with Gasteiger partial charge < -0.3 is 5.32 Å². The first-order valence-electron chi connectivity index (χ1n) is 6.94. The summed E-state index contributed by atoms with van der Waals surface area (Å²) in [6, 6.07) is 0.506. The van der Waals surface area contributed by atoms with E-state index in [0.29, 0.717) is 23.6 Å². The quantitative estimate of drug-likeness (QED) is 0.761. The van der Waals surface area contributed by atoms with Gasteiger partial charge in [-0.05, 0) is 25.7 Å². The van der Waals surface area contributed by atoms with Crippen LogP contribution in [0.4, 0.5) is 5.13 Å². The lowest BCUT2D eigenvalue weighted by molar-refractivity contribution is 0.576. The van der Waals surface area contributed by atoms with Crippen molar-refractivity contribution in [1.82, 2.24) is 15.5 Å². The average Bonchev–Trinajstić information content (AvgIpc) is 3.07. The van der Waals surface area contributed by atoms with E-state index in [1.54, 1.807) is 6.92 Å². The molecule has 0 aromatic carbocycles. The average molecular weight is 318 g/mol. The second-order valence-electron chi connectivity index (χ2n) is 5.74. The molecule has 0 amide bonds. The molecule has 0 aliphatic heterocycles. The highest BCUT2D eigenvalue weighted by Gasteiger charge is 2.26. The minimum absolute atomic E-state index is 0.360. The molecule has 20 heavy (non-hydrogen) atoms. The van der Waals surface area contributed by atoms with Gasteiger partial charge in [0.1, 0.15) is 5.01 Å². The summed E-state index contributed by atoms with van der Waals surface area (Å²) in [6.07, 6.45) is 3.11. The van der Waals surface area contributed by atoms with Crippen LogP contribution in [0.3, 0.4) is 0 Å². The van der Waals surface area contributed by atoms with Gasteiger partial charge in [0, 0.05) is 19.0 Å². The summed E-state index contributed by atoms with van der Waals surface area (Å²) in [4.78, 5) is 0. The van der Waals surface area contributed by atoms with Crippen molar-refractivity contribution in [3.05, 3.63) is 5.01 Å². The molecular weight excluding hydrogens is 296 g/mol. The Hall–Kier alpha value is -0.730. The molecule has 114 valence electrons. The van der Waals surface area contributed by atoms with Crippen LogP contribution in [0, 0.1) is 5.92 Å². The minimum Gasteiger partial charge on any atom is -0.313 e. The van der Waals surface area contributed by atoms with E-state index in [2.05, 4.69) is 34.1 Å². The second-order valence-corrected chi connectivity index (χ2v) is 8.90. The number of nitrogens with one attached hydrogen (secondary N) is 2. The van der Waals surface area contributed by atoms with Crippen molar-refractivity contribution in [1.29, 1.82) is 0 Å². The third-order valence-corrected chi connectivity index (χ3v) is 5.77. The third kappa shape index (κ3) is 4.68. The third-order valence-electron chi connectivity index (χ3n) is 3.08. The highest BCUT2D eigenvalue weighted by molar-refractivity contribution is 7.93. The maximum absolute atomic E-state index is 12.2. The van der Waals surface area contributed by atoms with E-state index in [9.17, 15) is 8.42 Å². The molecule has 1 heterocycles. The van der Waals surface area contributed by atoms with E-state index in [4.69, 9.17) is 0 Å². The summed E-state index contributed by atoms with van der Waals surface area (Å²) in [6.45, 7) is 6.36. The largest absolute Gasteiger partial charge is 0.313 e. The molecule has 1 aromatic heterocycles. The summed E-state index contributed by atoms with van der Waals surface area (Å²) in [5.74, 6) is 0.481. The number of rotatable bonds is 8. The van der Waals surface area contributed by atoms with Crippen LogP contribution in [0.2, 0.25) is 0 Å². The Morgan fingerprint density at radius 2 is 2.00 bits per heavy atom. The summed E-state index contributed by atoms with van der Waals surface area (Å²) in [7, 11) is -3.40. The Morgan fingerprint density at radius 1 is 1.30 bits per heavy atom. The van der Waals surface area contributed by atoms with Gasteiger partial charge in [-0.1, -0.05) is 25.2 Å². The summed E-state index contributed by atoms with van der Waals surface area (Å²) >= 11 is 1.31. The zero-order valence-electron chi connectivity index (χ0n) is 12.1. The Bertz CT molecular complexity index is 537. The summed E-state index contributed by atoms with van der Waals surface area (Å²) < 4.78 is 26.8. The molecule has 1 atom stereocenters. The van der Waals surface area contributed by atoms with Gasteiger partial charge >= 0.3 is 0 Å². The van der Waals surface area contributed by atoms with Gasteiger partial charge in [-0.25, -0.2) is 8.42 Å². The lowest BCUT2D eigenvalue weighted by Gasteiger charge is -2.13. The fraction of sp³-hybridized carbons (Fsp3) is 0.833. The van der Waals surface area contributed by atoms with Gasteiger partial charge in [-0.3, -0.25) is 4.72 Å². The molecule has 0 spiro atoms. The molecular formula is C12H22N4O2S2. The van der Waals surface area contributed by atoms with Crippen LogP contribution in [0.1, 0.15) is 38.6 Å². The molecule has 1 aromatic rings. The SMILES string of the molecule is CC(C)Cc1nnc(NS(=O)(=O)C(C)CNC2CC2)s1. The fourth-order valence-corrected chi connectivity index (χ4v) is 3.80. The summed E-state index contributed by atoms with van der Waals surface area (Å²) in [5.41, 5.74) is 0. The highest BCUT2D eigenvalue weighted by atomic mass is 32.2. The Kier molecular flexibility index (Phi) is 4.98. The van der Waals surface area contributed by atoms with Gasteiger partial charge in [0.25, 0.3) is 0 Å². The molecule has 0 bridgehead atoms. The first-order valence-corrected chi connectivity index (χ1v) is 9.30. The van der Waals surface area contributed by atoms with Gasteiger partial charge in [-0.2, -0.15) is 0 Å². The second kappa shape index (κ2) is 6.36. The van der Waals surface area contributed by atoms with E-state index in [1.807, 2.05) is 0 Å². The van der Waals surface area contributed by atoms with Crippen LogP contribution in [0.25, 0.3) is 0 Å². The van der Waals surface area contributed by atoms with Crippen molar-refractivity contribution < 1.29 is 8.42 Å². The van der Waals surface area contributed by atoms with Crippen molar-refractivity contribution in [2.75, 3.05) is 11.3 Å². The molecule has 0 radical (unpaired) electrons. The van der Waals surface area contributed by atoms with E-state index >= 15 is 0 Å². The van der Waals surface area contributed by atoms with E-state index in [1.165, 1.54) is 11.3 Å². The Balaban J connectivity index is 1.90. The van der Waals surface area contributed by atoms with E-state index in [-0.39, 0.29) is 0 Å². The van der Waals surface area contributed by atoms with Crippen LogP contribution in [-0.2, 0) is 16.4 Å². The van der Waals surface area contributed by atoms with Crippen LogP contribution in [-0.4, -0.2) is 36.5 Å². The standard InChI is InChI=1S/C12H22N4O2S2/c1-8(2)6-11-14-15-12(19-11)16-20(17,18)9(3)7-13-10-4-5-10/h8-10,13H,4-7H2,1-3H3,(H,15,16). The van der Waals surface area contributed by atoms with Crippen molar-refractivity contribution in [3.8, 4) is 0 Å². The van der Waals surface area contributed by atoms with Crippen molar-refractivity contribution in [2.24, 2.45) is 5.92 Å². The van der Waals surface area contributed by atoms with Gasteiger partial charge in [0.05, 0.1) is 5.25 Å². The molecule has 1 fully saturated rings. The maximum Gasteiger partial charge on any atom is 0.238 e. The number of aromatic nitrogens is 2. The monoisotopic (exact) mass is 318 g/mol. The fourth-order valence-electron chi connectivity index (χ4n) is 1.68. The first kappa shape index (κ1) is 15.7. The van der Waals surface area contributed by atoms with Gasteiger partial charge in [0.15, 0.2) is 0 Å². The van der Waals surface area contributed by atoms with E-state index < -0.39 is 15.3 Å². The molecule has 1 unspecified atom stereocenters. The van der Waals surface area contributed by atoms with Crippen molar-refractivity contribution >= 4 is 26.5 Å². The minimum atomic E-state index is -3.40. The number of nitrogens with zero attached hydrogens (tertiary/aromatic N) is 2. The molecule has 1 saturated carbocycles. The zero-order chi connectivity index (χ0) is 14.8. The normalized spacial score (nSPS) is 17.4. The Labute approximate surface area is 124 Å². The number of sulfonamides is 1. The molecule has 1 aliphatic carbocycles. The molecule has 6 nitrogen and oxygen atoms in total. The number of hydrogen-bond acceptors (Lipinski definition) is 6. The predicted molar refractivity (Wildman–Crippen MR) is 81.5 cm³/mol. The van der Waals surface area contributed by atoms with Crippen LogP contribution in [0.5, 0.6) is 0 Å². The zero-order valence-corrected chi connectivity index (χ0v) is 13.7. The predicted octanol–water partition coefficient (Wildman–Crippen LogP) is 1.62. The maximum atomic E-state index is 12.2. The van der Waals surface area contributed by atoms with Crippen molar-refractivity contribution in [3.63, 3.8) is 0 Å². The van der Waals surface area contributed by atoms with Crippen molar-refractivity contribution in [2.45, 2.75) is 51.3 Å². The molecule has 1 aliphatic rings. The lowest BCUT2D eigenvalue weighted by atomic mass is 10.1. The molecule has 2 N–H and O–H groups in total. The highest BCUT2D eigenvalue weighted by Crippen LogP contribution is 2.21. The van der Waals surface area contributed by atoms with E-state index in [0.717, 1.165) is 24.3 Å². The first-order chi connectivity index (χ1) is 9.37. The van der Waals surface area contributed by atoms with Crippen LogP contribution < -0.4 is 10.0 Å². The number of anilines is 1. The van der Waals surface area contributed by atoms with Gasteiger partial charge in [0.2, 0.25) is 15.2 Å². The molecule has 2 rings (SSSR count). The topological polar surface area (TPSA) is 84.0 Å².